The molecule has 38 heavy (non-hydrogen) atoms. The number of carbonyl (C=O) groups is 3. The first-order chi connectivity index (χ1) is 18.4. The predicted molar refractivity (Wildman–Crippen MR) is 145 cm³/mol. The van der Waals surface area contributed by atoms with Crippen molar-refractivity contribution in [1.82, 2.24) is 15.1 Å². The summed E-state index contributed by atoms with van der Waals surface area (Å²) in [5.41, 5.74) is 3.24. The van der Waals surface area contributed by atoms with Crippen LogP contribution in [0.15, 0.2) is 59.8 Å². The van der Waals surface area contributed by atoms with Gasteiger partial charge in [0.1, 0.15) is 0 Å². The fraction of sp³-hybridized carbons (Fsp3) is 0.414. The fourth-order valence-corrected chi connectivity index (χ4v) is 5.08. The van der Waals surface area contributed by atoms with E-state index in [0.29, 0.717) is 28.4 Å². The van der Waals surface area contributed by atoms with Crippen LogP contribution < -0.4 is 5.32 Å². The Bertz CT molecular complexity index is 1190. The van der Waals surface area contributed by atoms with E-state index in [9.17, 15) is 14.4 Å². The fourth-order valence-electron chi connectivity index (χ4n) is 4.88. The lowest BCUT2D eigenvalue weighted by molar-refractivity contribution is -0.140. The Balaban J connectivity index is 1.45. The van der Waals surface area contributed by atoms with E-state index in [1.54, 1.807) is 43.0 Å². The molecule has 1 fully saturated rings. The molecule has 2 heterocycles. The molecule has 2 aliphatic rings. The number of amides is 2. The van der Waals surface area contributed by atoms with Crippen LogP contribution in [0.3, 0.4) is 0 Å². The molecule has 0 aliphatic carbocycles. The van der Waals surface area contributed by atoms with E-state index in [4.69, 9.17) is 21.1 Å². The molecule has 8 nitrogen and oxygen atoms in total. The van der Waals surface area contributed by atoms with Crippen molar-refractivity contribution >= 4 is 29.4 Å². The van der Waals surface area contributed by atoms with E-state index in [-0.39, 0.29) is 31.4 Å². The Morgan fingerprint density at radius 2 is 1.87 bits per heavy atom. The van der Waals surface area contributed by atoms with Crippen molar-refractivity contribution in [3.63, 3.8) is 0 Å². The number of rotatable bonds is 9. The quantitative estimate of drug-likeness (QED) is 0.488. The zero-order valence-electron chi connectivity index (χ0n) is 21.9. The second kappa shape index (κ2) is 13.0. The molecule has 202 valence electrons. The van der Waals surface area contributed by atoms with Crippen molar-refractivity contribution < 1.29 is 23.9 Å². The molecular formula is C29H34ClN3O5. The Hall–Kier alpha value is -3.20. The monoisotopic (exact) mass is 539 g/mol. The smallest absolute Gasteiger partial charge is 0.336 e. The first-order valence-electron chi connectivity index (χ1n) is 13.0. The first kappa shape index (κ1) is 27.8. The van der Waals surface area contributed by atoms with Gasteiger partial charge in [-0.1, -0.05) is 35.9 Å². The Morgan fingerprint density at radius 1 is 1.13 bits per heavy atom. The number of allylic oxidation sites excluding steroid dienone is 1. The molecule has 1 saturated heterocycles. The van der Waals surface area contributed by atoms with Gasteiger partial charge in [-0.3, -0.25) is 14.5 Å². The molecule has 9 heteroatoms. The molecule has 1 N–H and O–H groups in total. The second-order valence-electron chi connectivity index (χ2n) is 9.42. The maximum absolute atomic E-state index is 13.3. The summed E-state index contributed by atoms with van der Waals surface area (Å²) in [5, 5.41) is 3.51. The van der Waals surface area contributed by atoms with Gasteiger partial charge in [-0.15, -0.1) is 0 Å². The third-order valence-electron chi connectivity index (χ3n) is 6.94. The number of esters is 1. The van der Waals surface area contributed by atoms with Crippen LogP contribution >= 0.6 is 11.6 Å². The third kappa shape index (κ3) is 6.81. The summed E-state index contributed by atoms with van der Waals surface area (Å²) >= 11 is 6.20. The highest BCUT2D eigenvalue weighted by atomic mass is 35.5. The standard InChI is InChI=1S/C29H34ClN3O5/c1-3-38-29(36)27-20(2)33(26(34)18-25(27)23-5-4-6-24(30)17-23)19-21-7-9-22(10-8-21)28(35)31-11-12-32-13-15-37-16-14-32/h4-10,17,25H,3,11-16,18-19H2,1-2H3,(H,31,35). The van der Waals surface area contributed by atoms with Crippen LogP contribution in [0, 0.1) is 0 Å². The van der Waals surface area contributed by atoms with Gasteiger partial charge in [0.15, 0.2) is 0 Å². The van der Waals surface area contributed by atoms with Crippen molar-refractivity contribution in [2.24, 2.45) is 0 Å². The van der Waals surface area contributed by atoms with Gasteiger partial charge >= 0.3 is 5.97 Å². The van der Waals surface area contributed by atoms with Crippen molar-refractivity contribution in [1.29, 1.82) is 0 Å². The number of benzene rings is 2. The summed E-state index contributed by atoms with van der Waals surface area (Å²) in [4.78, 5) is 42.7. The summed E-state index contributed by atoms with van der Waals surface area (Å²) in [6.07, 6.45) is 0.134. The molecule has 0 aromatic heterocycles. The number of hydrogen-bond acceptors (Lipinski definition) is 6. The van der Waals surface area contributed by atoms with Gasteiger partial charge in [-0.2, -0.15) is 0 Å². The molecule has 4 rings (SSSR count). The van der Waals surface area contributed by atoms with Crippen molar-refractivity contribution in [2.75, 3.05) is 46.0 Å². The molecule has 2 aromatic rings. The minimum atomic E-state index is -0.434. The minimum Gasteiger partial charge on any atom is -0.463 e. The SMILES string of the molecule is CCOC(=O)C1=C(C)N(Cc2ccc(C(=O)NCCN3CCOCC3)cc2)C(=O)CC1c1cccc(Cl)c1. The van der Waals surface area contributed by atoms with Gasteiger partial charge in [0, 0.05) is 54.8 Å². The van der Waals surface area contributed by atoms with Crippen LogP contribution in [0.4, 0.5) is 0 Å². The van der Waals surface area contributed by atoms with E-state index in [0.717, 1.165) is 44.0 Å². The van der Waals surface area contributed by atoms with Crippen molar-refractivity contribution in [3.8, 4) is 0 Å². The summed E-state index contributed by atoms with van der Waals surface area (Å²) < 4.78 is 10.7. The molecule has 1 unspecified atom stereocenters. The van der Waals surface area contributed by atoms with Crippen LogP contribution in [-0.4, -0.2) is 73.6 Å². The number of morpholine rings is 1. The van der Waals surface area contributed by atoms with E-state index >= 15 is 0 Å². The molecule has 0 saturated carbocycles. The average Bonchev–Trinajstić information content (AvgIpc) is 2.91. The number of carbonyl (C=O) groups excluding carboxylic acids is 3. The molecule has 0 spiro atoms. The lowest BCUT2D eigenvalue weighted by Gasteiger charge is -2.34. The highest BCUT2D eigenvalue weighted by Gasteiger charge is 2.37. The van der Waals surface area contributed by atoms with Gasteiger partial charge in [0.2, 0.25) is 5.91 Å². The number of hydrogen-bond donors (Lipinski definition) is 1. The largest absolute Gasteiger partial charge is 0.463 e. The highest BCUT2D eigenvalue weighted by Crippen LogP contribution is 2.38. The molecule has 2 amide bonds. The average molecular weight is 540 g/mol. The molecule has 0 bridgehead atoms. The Labute approximate surface area is 228 Å². The normalized spacial score (nSPS) is 18.4. The van der Waals surface area contributed by atoms with E-state index in [1.807, 2.05) is 24.3 Å². The van der Waals surface area contributed by atoms with Crippen LogP contribution in [0.1, 0.15) is 47.7 Å². The van der Waals surface area contributed by atoms with E-state index in [1.165, 1.54) is 0 Å². The summed E-state index contributed by atoms with van der Waals surface area (Å²) in [6, 6.07) is 14.4. The summed E-state index contributed by atoms with van der Waals surface area (Å²) in [5.74, 6) is -1.09. The van der Waals surface area contributed by atoms with E-state index < -0.39 is 11.9 Å². The van der Waals surface area contributed by atoms with Crippen molar-refractivity contribution in [2.45, 2.75) is 32.7 Å². The van der Waals surface area contributed by atoms with Gasteiger partial charge in [-0.25, -0.2) is 4.79 Å². The van der Waals surface area contributed by atoms with Gasteiger partial charge in [0.05, 0.1) is 31.9 Å². The maximum atomic E-state index is 13.3. The molecular weight excluding hydrogens is 506 g/mol. The summed E-state index contributed by atoms with van der Waals surface area (Å²) in [6.45, 7) is 8.63. The van der Waals surface area contributed by atoms with Crippen LogP contribution in [0.25, 0.3) is 0 Å². The minimum absolute atomic E-state index is 0.0922. The van der Waals surface area contributed by atoms with Crippen molar-refractivity contribution in [3.05, 3.63) is 81.5 Å². The van der Waals surface area contributed by atoms with Gasteiger partial charge < -0.3 is 19.7 Å². The Kier molecular flexibility index (Phi) is 9.55. The number of nitrogens with zero attached hydrogens (tertiary/aromatic N) is 2. The zero-order chi connectivity index (χ0) is 27.1. The molecule has 2 aromatic carbocycles. The van der Waals surface area contributed by atoms with Gasteiger partial charge in [-0.05, 0) is 49.2 Å². The number of halogens is 1. The predicted octanol–water partition coefficient (Wildman–Crippen LogP) is 3.76. The molecule has 1 atom stereocenters. The zero-order valence-corrected chi connectivity index (χ0v) is 22.6. The first-order valence-corrected chi connectivity index (χ1v) is 13.4. The lowest BCUT2D eigenvalue weighted by atomic mass is 9.83. The highest BCUT2D eigenvalue weighted by molar-refractivity contribution is 6.30. The molecule has 0 radical (unpaired) electrons. The second-order valence-corrected chi connectivity index (χ2v) is 9.85. The Morgan fingerprint density at radius 3 is 2.55 bits per heavy atom. The summed E-state index contributed by atoms with van der Waals surface area (Å²) in [7, 11) is 0. The maximum Gasteiger partial charge on any atom is 0.336 e. The van der Waals surface area contributed by atoms with Gasteiger partial charge in [0.25, 0.3) is 5.91 Å². The van der Waals surface area contributed by atoms with Crippen LogP contribution in [0.2, 0.25) is 5.02 Å². The molecule has 2 aliphatic heterocycles. The number of ether oxygens (including phenoxy) is 2. The third-order valence-corrected chi connectivity index (χ3v) is 7.18. The number of nitrogens with one attached hydrogen (secondary N) is 1. The van der Waals surface area contributed by atoms with E-state index in [2.05, 4.69) is 10.2 Å². The van der Waals surface area contributed by atoms with Crippen LogP contribution in [-0.2, 0) is 25.6 Å². The lowest BCUT2D eigenvalue weighted by Crippen LogP contribution is -2.41. The topological polar surface area (TPSA) is 88.2 Å². The van der Waals surface area contributed by atoms with Crippen LogP contribution in [0.5, 0.6) is 0 Å².